The molecule has 0 radical (unpaired) electrons. The van der Waals surface area contributed by atoms with E-state index in [1.807, 2.05) is 190 Å². The van der Waals surface area contributed by atoms with Crippen LogP contribution in [0, 0.1) is 59.3 Å². The average molecular weight is 1800 g/mol. The van der Waals surface area contributed by atoms with E-state index in [1.165, 1.54) is 20.6 Å². The minimum Gasteiger partial charge on any atom is -0.477 e. The molecule has 131 heavy (non-hydrogen) atoms. The molecule has 3 heterocycles. The van der Waals surface area contributed by atoms with Gasteiger partial charge < -0.3 is 60.4 Å². The minimum atomic E-state index is -1.36. The second-order valence-corrected chi connectivity index (χ2v) is 36.3. The molecule has 0 spiro atoms. The van der Waals surface area contributed by atoms with Crippen molar-refractivity contribution in [2.45, 2.75) is 226 Å². The highest BCUT2D eigenvalue weighted by Crippen LogP contribution is 2.35. The molecule has 0 fully saturated rings. The molecule has 6 aromatic carbocycles. The van der Waals surface area contributed by atoms with Gasteiger partial charge in [0.05, 0.1) is 61.4 Å². The number of nitrogens with one attached hydrogen (secondary N) is 3. The standard InChI is InChI=1S/C35H46N4O6.C33H43N5O5.C33H42N4O6/c1-9-44-33(42)28-25(5)37-30(39(32(28)41)22-26-14-11-10-12-15-26)29(23(2)3)38(31(40)27-18-16-24(4)17-19-27)21-13-20-36-34(43)45-35(6,7)8;1-21(2)27(29-36-23(4)26(28(34)39)31(41)38(29)20-24-12-9-8-10-13-24)37(30(40)25-16-14-22(3)15-17-25)19-11-18-35-32(42)43-33(5,6)7;1-21(2)27(28-35-23(4)26(31(40)41)30(39)37(28)20-24-12-9-8-10-13-24)36(29(38)25-16-14-22(3)15-17-25)19-11-18-34-32(42)43-33(5,6)7/h10-12,14-19,23,29H,9,13,20-22H2,1-8H3,(H,36,43);8-10,12-17,21,27H,11,18-20H2,1-7H3,(H2,34,39)(H,35,42);8-10,12-17,21,27H,11,18-20H2,1-7H3,(H,34,42)(H,40,41). The SMILES string of the molecule is CCOC(=O)c1c(C)nc(C(C(C)C)N(CCCNC(=O)OC(C)(C)C)C(=O)c2ccc(C)cc2)n(Cc2ccccc2)c1=O.Cc1ccc(C(=O)N(CCCNC(=O)OC(C)(C)C)C(c2nc(C)c(C(=O)O)c(=O)n2Cc2ccccc2)C(C)C)cc1.Cc1ccc(C(=O)N(CCCNC(=O)OC(C)(C)C)C(c2nc(C)c(C(N)=O)c(=O)n2Cc2ccccc2)C(C)C)cc1. The number of esters is 1. The summed E-state index contributed by atoms with van der Waals surface area (Å²) in [5.74, 6) is -3.25. The third-order valence-electron chi connectivity index (χ3n) is 20.7. The summed E-state index contributed by atoms with van der Waals surface area (Å²) in [6.45, 7) is 41.9. The summed E-state index contributed by atoms with van der Waals surface area (Å²) in [4.78, 5) is 177. The minimum absolute atomic E-state index is 0.0804. The van der Waals surface area contributed by atoms with Crippen molar-refractivity contribution in [3.8, 4) is 0 Å². The topological polar surface area (TPSA) is 387 Å². The summed E-state index contributed by atoms with van der Waals surface area (Å²) in [7, 11) is 0. The van der Waals surface area contributed by atoms with Gasteiger partial charge in [-0.1, -0.05) is 186 Å². The fourth-order valence-corrected chi connectivity index (χ4v) is 14.8. The summed E-state index contributed by atoms with van der Waals surface area (Å²) in [5, 5.41) is 18.1. The number of aryl methyl sites for hydroxylation is 6. The smallest absolute Gasteiger partial charge is 0.407 e. The zero-order chi connectivity index (χ0) is 97.1. The van der Waals surface area contributed by atoms with Crippen LogP contribution in [0.15, 0.2) is 178 Å². The van der Waals surface area contributed by atoms with Crippen molar-refractivity contribution in [1.82, 2.24) is 59.3 Å². The predicted octanol–water partition coefficient (Wildman–Crippen LogP) is 16.0. The van der Waals surface area contributed by atoms with E-state index in [0.29, 0.717) is 53.4 Å². The van der Waals surface area contributed by atoms with Crippen LogP contribution in [-0.4, -0.2) is 165 Å². The van der Waals surface area contributed by atoms with Crippen molar-refractivity contribution in [3.05, 3.63) is 296 Å². The number of primary amides is 1. The molecule has 6 N–H and O–H groups in total. The Morgan fingerprint density at radius 1 is 0.389 bits per heavy atom. The second kappa shape index (κ2) is 47.8. The molecule has 3 aromatic heterocycles. The maximum Gasteiger partial charge on any atom is 0.407 e. The fraction of sp³-hybridized carbons (Fsp3) is 0.436. The van der Waals surface area contributed by atoms with Gasteiger partial charge in [0.2, 0.25) is 0 Å². The first-order valence-corrected chi connectivity index (χ1v) is 44.3. The Labute approximate surface area is 768 Å². The fourth-order valence-electron chi connectivity index (χ4n) is 14.8. The molecule has 30 nitrogen and oxygen atoms in total. The van der Waals surface area contributed by atoms with Gasteiger partial charge in [-0.25, -0.2) is 38.9 Å². The molecule has 3 atom stereocenters. The predicted molar refractivity (Wildman–Crippen MR) is 504 cm³/mol. The Morgan fingerprint density at radius 3 is 0.885 bits per heavy atom. The lowest BCUT2D eigenvalue weighted by atomic mass is 9.98. The van der Waals surface area contributed by atoms with Gasteiger partial charge in [-0.2, -0.15) is 0 Å². The number of nitrogens with two attached hydrogens (primary N) is 1. The molecule has 9 rings (SSSR count). The van der Waals surface area contributed by atoms with Gasteiger partial charge in [-0.05, 0) is 201 Å². The summed E-state index contributed by atoms with van der Waals surface area (Å²) in [6.07, 6.45) is -0.398. The zero-order valence-corrected chi connectivity index (χ0v) is 79.8. The maximum atomic E-state index is 14.2. The Bertz CT molecular complexity index is 5370. The van der Waals surface area contributed by atoms with E-state index >= 15 is 0 Å². The second-order valence-electron chi connectivity index (χ2n) is 36.3. The summed E-state index contributed by atoms with van der Waals surface area (Å²) >= 11 is 0. The third kappa shape index (κ3) is 30.6. The Balaban J connectivity index is 0.000000269. The van der Waals surface area contributed by atoms with E-state index in [-0.39, 0.29) is 129 Å². The summed E-state index contributed by atoms with van der Waals surface area (Å²) in [5.41, 5.74) is 8.65. The van der Waals surface area contributed by atoms with Crippen molar-refractivity contribution in [2.24, 2.45) is 23.5 Å². The number of carbonyl (C=O) groups excluding carboxylic acids is 8. The van der Waals surface area contributed by atoms with Crippen LogP contribution >= 0.6 is 0 Å². The number of benzene rings is 6. The van der Waals surface area contributed by atoms with E-state index < -0.39 is 93.3 Å². The van der Waals surface area contributed by atoms with Crippen LogP contribution in [0.3, 0.4) is 0 Å². The van der Waals surface area contributed by atoms with Crippen LogP contribution in [0.5, 0.6) is 0 Å². The number of aromatic carboxylic acids is 1. The first-order chi connectivity index (χ1) is 61.6. The number of aromatic nitrogens is 6. The number of amides is 7. The zero-order valence-electron chi connectivity index (χ0n) is 79.8. The van der Waals surface area contributed by atoms with E-state index in [4.69, 9.17) is 34.6 Å². The third-order valence-corrected chi connectivity index (χ3v) is 20.7. The largest absolute Gasteiger partial charge is 0.477 e. The number of carboxylic acid groups (broad SMARTS) is 1. The number of nitrogens with zero attached hydrogens (tertiary/aromatic N) is 9. The molecule has 30 heteroatoms. The number of rotatable bonds is 34. The van der Waals surface area contributed by atoms with Crippen molar-refractivity contribution in [3.63, 3.8) is 0 Å². The molecular formula is C101H131N13O17. The van der Waals surface area contributed by atoms with Gasteiger partial charge >= 0.3 is 30.2 Å². The molecule has 3 unspecified atom stereocenters. The molecule has 0 aliphatic carbocycles. The van der Waals surface area contributed by atoms with E-state index in [1.54, 1.807) is 134 Å². The Kier molecular flexibility index (Phi) is 38.2. The highest BCUT2D eigenvalue weighted by atomic mass is 16.6. The number of alkyl carbamates (subject to hydrolysis) is 3. The lowest BCUT2D eigenvalue weighted by Gasteiger charge is -2.36. The Morgan fingerprint density at radius 2 is 0.641 bits per heavy atom. The molecule has 0 bridgehead atoms. The number of hydrogen-bond acceptors (Lipinski definition) is 19. The van der Waals surface area contributed by atoms with Crippen LogP contribution in [-0.2, 0) is 38.6 Å². The normalized spacial score (nSPS) is 12.1. The van der Waals surface area contributed by atoms with Gasteiger partial charge in [0.1, 0.15) is 51.0 Å². The van der Waals surface area contributed by atoms with Crippen molar-refractivity contribution in [1.29, 1.82) is 0 Å². The van der Waals surface area contributed by atoms with Crippen LogP contribution in [0.4, 0.5) is 14.4 Å². The van der Waals surface area contributed by atoms with Crippen molar-refractivity contribution >= 4 is 53.8 Å². The number of carboxylic acids is 1. The average Bonchev–Trinajstić information content (AvgIpc) is 0.800. The summed E-state index contributed by atoms with van der Waals surface area (Å²) in [6, 6.07) is 47.8. The van der Waals surface area contributed by atoms with E-state index in [0.717, 1.165) is 33.4 Å². The lowest BCUT2D eigenvalue weighted by Crippen LogP contribution is -2.44. The van der Waals surface area contributed by atoms with Gasteiger partial charge in [-0.3, -0.25) is 47.3 Å². The first kappa shape index (κ1) is 105. The van der Waals surface area contributed by atoms with Gasteiger partial charge in [0, 0.05) is 56.0 Å². The number of ether oxygens (including phenoxy) is 4. The molecule has 7 amide bonds. The van der Waals surface area contributed by atoms with Crippen LogP contribution in [0.1, 0.15) is 278 Å². The first-order valence-electron chi connectivity index (χ1n) is 44.3. The van der Waals surface area contributed by atoms with Crippen LogP contribution in [0.2, 0.25) is 0 Å². The Hall–Kier alpha value is -13.4. The number of carbonyl (C=O) groups is 9. The molecule has 0 aliphatic rings. The molecular weight excluding hydrogens is 1670 g/mol. The molecule has 0 aliphatic heterocycles. The van der Waals surface area contributed by atoms with Crippen molar-refractivity contribution in [2.75, 3.05) is 45.9 Å². The highest BCUT2D eigenvalue weighted by molar-refractivity contribution is 5.97. The molecule has 0 saturated heterocycles. The van der Waals surface area contributed by atoms with Crippen LogP contribution in [0.25, 0.3) is 0 Å². The number of hydrogen-bond donors (Lipinski definition) is 5. The van der Waals surface area contributed by atoms with Gasteiger partial charge in [0.15, 0.2) is 0 Å². The van der Waals surface area contributed by atoms with E-state index in [9.17, 15) is 62.6 Å². The van der Waals surface area contributed by atoms with Gasteiger partial charge in [0.25, 0.3) is 40.3 Å². The molecule has 9 aromatic rings. The quantitative estimate of drug-likeness (QED) is 0.0142. The lowest BCUT2D eigenvalue weighted by molar-refractivity contribution is 0.0501. The monoisotopic (exact) mass is 1800 g/mol. The van der Waals surface area contributed by atoms with Crippen molar-refractivity contribution < 1.29 is 67.2 Å². The van der Waals surface area contributed by atoms with E-state index in [2.05, 4.69) is 20.9 Å². The van der Waals surface area contributed by atoms with Gasteiger partial charge in [-0.15, -0.1) is 0 Å². The molecule has 0 saturated carbocycles. The summed E-state index contributed by atoms with van der Waals surface area (Å²) < 4.78 is 25.5. The highest BCUT2D eigenvalue weighted by Gasteiger charge is 2.39. The molecule has 702 valence electrons. The van der Waals surface area contributed by atoms with Crippen LogP contribution < -0.4 is 38.4 Å². The maximum absolute atomic E-state index is 14.2.